The molecule has 7 heteroatoms. The number of esters is 3. The van der Waals surface area contributed by atoms with Gasteiger partial charge < -0.3 is 18.9 Å². The zero-order valence-corrected chi connectivity index (χ0v) is 15.5. The summed E-state index contributed by atoms with van der Waals surface area (Å²) >= 11 is 0. The second-order valence-corrected chi connectivity index (χ2v) is 6.59. The van der Waals surface area contributed by atoms with Crippen molar-refractivity contribution in [3.63, 3.8) is 0 Å². The summed E-state index contributed by atoms with van der Waals surface area (Å²) in [6.07, 6.45) is 4.09. The Morgan fingerprint density at radius 1 is 1.08 bits per heavy atom. The minimum atomic E-state index is -1.23. The molecule has 0 aromatic heterocycles. The predicted octanol–water partition coefficient (Wildman–Crippen LogP) is 1.95. The largest absolute Gasteiger partial charge is 0.465 e. The Bertz CT molecular complexity index is 609. The quantitative estimate of drug-likeness (QED) is 0.267. The molecule has 0 amide bonds. The van der Waals surface area contributed by atoms with Gasteiger partial charge in [-0.3, -0.25) is 9.59 Å². The van der Waals surface area contributed by atoms with Crippen LogP contribution in [-0.2, 0) is 33.3 Å². The van der Waals surface area contributed by atoms with Gasteiger partial charge in [-0.15, -0.1) is 0 Å². The molecule has 4 unspecified atom stereocenters. The van der Waals surface area contributed by atoms with E-state index >= 15 is 0 Å². The predicted molar refractivity (Wildman–Crippen MR) is 92.0 cm³/mol. The van der Waals surface area contributed by atoms with Crippen LogP contribution < -0.4 is 0 Å². The van der Waals surface area contributed by atoms with E-state index in [1.54, 1.807) is 12.2 Å². The molecule has 0 aromatic rings. The van der Waals surface area contributed by atoms with Crippen LogP contribution in [-0.4, -0.2) is 49.4 Å². The van der Waals surface area contributed by atoms with E-state index in [2.05, 4.69) is 6.58 Å². The third-order valence-electron chi connectivity index (χ3n) is 4.36. The lowest BCUT2D eigenvalue weighted by molar-refractivity contribution is -0.164. The SMILES string of the molecule is C=C(C)C(=O)OCC12C=CC(O1)C(C(=O)OCCC)C2C(=O)OCCC. The number of carbonyl (C=O) groups is 3. The van der Waals surface area contributed by atoms with Gasteiger partial charge in [0.2, 0.25) is 0 Å². The average Bonchev–Trinajstić information content (AvgIpc) is 3.18. The first-order valence-electron chi connectivity index (χ1n) is 8.89. The molecular weight excluding hydrogens is 340 g/mol. The van der Waals surface area contributed by atoms with Crippen LogP contribution in [0, 0.1) is 11.8 Å². The van der Waals surface area contributed by atoms with E-state index in [9.17, 15) is 14.4 Å². The lowest BCUT2D eigenvalue weighted by Crippen LogP contribution is -2.47. The van der Waals surface area contributed by atoms with Crippen LogP contribution in [0.2, 0.25) is 0 Å². The number of carbonyl (C=O) groups excluding carboxylic acids is 3. The van der Waals surface area contributed by atoms with Crippen LogP contribution in [0.4, 0.5) is 0 Å². The molecule has 0 radical (unpaired) electrons. The Morgan fingerprint density at radius 3 is 2.27 bits per heavy atom. The van der Waals surface area contributed by atoms with E-state index in [0.717, 1.165) is 0 Å². The summed E-state index contributed by atoms with van der Waals surface area (Å²) in [5, 5.41) is 0. The number of rotatable bonds is 9. The summed E-state index contributed by atoms with van der Waals surface area (Å²) in [5.74, 6) is -3.39. The van der Waals surface area contributed by atoms with Gasteiger partial charge in [-0.05, 0) is 25.8 Å². The standard InChI is InChI=1S/C19H26O7/c1-5-9-23-17(21)14-13-7-8-19(26-13,11-25-16(20)12(3)4)15(14)18(22)24-10-6-2/h7-8,13-15H,3,5-6,9-11H2,1-2,4H3. The molecule has 4 atom stereocenters. The van der Waals surface area contributed by atoms with Crippen molar-refractivity contribution in [3.8, 4) is 0 Å². The van der Waals surface area contributed by atoms with Crippen molar-refractivity contribution in [2.45, 2.75) is 45.3 Å². The fourth-order valence-corrected chi connectivity index (χ4v) is 3.13. The van der Waals surface area contributed by atoms with Gasteiger partial charge >= 0.3 is 17.9 Å². The van der Waals surface area contributed by atoms with Gasteiger partial charge in [0.05, 0.1) is 19.3 Å². The van der Waals surface area contributed by atoms with Crippen LogP contribution in [0.15, 0.2) is 24.3 Å². The topological polar surface area (TPSA) is 88.1 Å². The molecule has 2 aliphatic heterocycles. The summed E-state index contributed by atoms with van der Waals surface area (Å²) in [6.45, 7) is 9.12. The highest BCUT2D eigenvalue weighted by Crippen LogP contribution is 2.48. The maximum absolute atomic E-state index is 12.7. The molecule has 144 valence electrons. The minimum absolute atomic E-state index is 0.199. The van der Waals surface area contributed by atoms with Crippen molar-refractivity contribution in [3.05, 3.63) is 24.3 Å². The molecule has 0 aliphatic carbocycles. The Hall–Kier alpha value is -2.15. The van der Waals surface area contributed by atoms with Crippen LogP contribution in [0.25, 0.3) is 0 Å². The van der Waals surface area contributed by atoms with Crippen molar-refractivity contribution < 1.29 is 33.3 Å². The van der Waals surface area contributed by atoms with Crippen molar-refractivity contribution in [2.24, 2.45) is 11.8 Å². The summed E-state index contributed by atoms with van der Waals surface area (Å²) < 4.78 is 21.6. The summed E-state index contributed by atoms with van der Waals surface area (Å²) in [4.78, 5) is 36.9. The molecule has 7 nitrogen and oxygen atoms in total. The van der Waals surface area contributed by atoms with Crippen molar-refractivity contribution in [2.75, 3.05) is 19.8 Å². The maximum Gasteiger partial charge on any atom is 0.333 e. The summed E-state index contributed by atoms with van der Waals surface area (Å²) in [5.41, 5.74) is -0.988. The summed E-state index contributed by atoms with van der Waals surface area (Å²) in [7, 11) is 0. The van der Waals surface area contributed by atoms with Crippen LogP contribution in [0.1, 0.15) is 33.6 Å². The van der Waals surface area contributed by atoms with Crippen LogP contribution in [0.3, 0.4) is 0 Å². The van der Waals surface area contributed by atoms with Gasteiger partial charge in [-0.25, -0.2) is 4.79 Å². The second kappa shape index (κ2) is 8.49. The average molecular weight is 366 g/mol. The fourth-order valence-electron chi connectivity index (χ4n) is 3.13. The smallest absolute Gasteiger partial charge is 0.333 e. The van der Waals surface area contributed by atoms with Crippen molar-refractivity contribution in [1.29, 1.82) is 0 Å². The highest BCUT2D eigenvalue weighted by molar-refractivity contribution is 5.88. The highest BCUT2D eigenvalue weighted by atomic mass is 16.6. The number of hydrogen-bond donors (Lipinski definition) is 0. The Morgan fingerprint density at radius 2 is 1.69 bits per heavy atom. The molecule has 0 aromatic carbocycles. The normalized spacial score (nSPS) is 28.7. The van der Waals surface area contributed by atoms with Crippen LogP contribution in [0.5, 0.6) is 0 Å². The molecule has 2 heterocycles. The first-order chi connectivity index (χ1) is 12.4. The molecule has 1 fully saturated rings. The molecule has 0 spiro atoms. The van der Waals surface area contributed by atoms with Gasteiger partial charge in [-0.2, -0.15) is 0 Å². The third kappa shape index (κ3) is 3.98. The highest BCUT2D eigenvalue weighted by Gasteiger charge is 2.63. The zero-order chi connectivity index (χ0) is 19.3. The molecular formula is C19H26O7. The monoisotopic (exact) mass is 366 g/mol. The Balaban J connectivity index is 2.23. The van der Waals surface area contributed by atoms with E-state index in [0.29, 0.717) is 12.8 Å². The lowest BCUT2D eigenvalue weighted by Gasteiger charge is -2.30. The molecule has 1 saturated heterocycles. The van der Waals surface area contributed by atoms with Gasteiger partial charge in [0.15, 0.2) is 0 Å². The number of hydrogen-bond acceptors (Lipinski definition) is 7. The van der Waals surface area contributed by atoms with E-state index < -0.39 is 41.4 Å². The molecule has 26 heavy (non-hydrogen) atoms. The first-order valence-corrected chi connectivity index (χ1v) is 8.89. The molecule has 2 aliphatic rings. The van der Waals surface area contributed by atoms with E-state index in [4.69, 9.17) is 18.9 Å². The van der Waals surface area contributed by atoms with Crippen molar-refractivity contribution in [1.82, 2.24) is 0 Å². The van der Waals surface area contributed by atoms with Crippen molar-refractivity contribution >= 4 is 17.9 Å². The molecule has 0 N–H and O–H groups in total. The van der Waals surface area contributed by atoms with Crippen LogP contribution >= 0.6 is 0 Å². The van der Waals surface area contributed by atoms with Gasteiger partial charge in [0.1, 0.15) is 24.0 Å². The maximum atomic E-state index is 12.7. The first kappa shape index (κ1) is 20.2. The second-order valence-electron chi connectivity index (χ2n) is 6.59. The van der Waals surface area contributed by atoms with Gasteiger partial charge in [0, 0.05) is 5.57 Å². The fraction of sp³-hybridized carbons (Fsp3) is 0.632. The lowest BCUT2D eigenvalue weighted by atomic mass is 9.75. The molecule has 2 bridgehead atoms. The van der Waals surface area contributed by atoms with E-state index in [1.165, 1.54) is 6.92 Å². The van der Waals surface area contributed by atoms with Gasteiger partial charge in [0.25, 0.3) is 0 Å². The number of fused-ring (bicyclic) bond motifs is 2. The van der Waals surface area contributed by atoms with E-state index in [-0.39, 0.29) is 25.4 Å². The van der Waals surface area contributed by atoms with E-state index in [1.807, 2.05) is 13.8 Å². The third-order valence-corrected chi connectivity index (χ3v) is 4.36. The molecule has 2 rings (SSSR count). The minimum Gasteiger partial charge on any atom is -0.465 e. The zero-order valence-electron chi connectivity index (χ0n) is 15.5. The Labute approximate surface area is 153 Å². The number of ether oxygens (including phenoxy) is 4. The van der Waals surface area contributed by atoms with Gasteiger partial charge in [-0.1, -0.05) is 26.5 Å². The Kier molecular flexibility index (Phi) is 6.58. The summed E-state index contributed by atoms with van der Waals surface area (Å²) in [6, 6.07) is 0. The molecule has 0 saturated carbocycles.